The lowest BCUT2D eigenvalue weighted by Gasteiger charge is -2.40. The van der Waals surface area contributed by atoms with Crippen molar-refractivity contribution in [2.45, 2.75) is 51.6 Å². The first kappa shape index (κ1) is 32.9. The van der Waals surface area contributed by atoms with Gasteiger partial charge in [0.05, 0.1) is 64.8 Å². The Morgan fingerprint density at radius 1 is 0.625 bits per heavy atom. The number of hydrogen-bond donors (Lipinski definition) is 10. The maximum absolute atomic E-state index is 11.8. The lowest BCUT2D eigenvalue weighted by Crippen LogP contribution is -2.57. The molecular formula is C26H36N2O12. The number of aliphatic hydroxyl groups is 6. The molecule has 0 aliphatic heterocycles. The molecule has 0 aliphatic carbocycles. The van der Waals surface area contributed by atoms with Crippen LogP contribution in [-0.4, -0.2) is 111 Å². The summed E-state index contributed by atoms with van der Waals surface area (Å²) < 4.78 is 0. The normalized spacial score (nSPS) is 13.1. The Morgan fingerprint density at radius 3 is 1.57 bits per heavy atom. The van der Waals surface area contributed by atoms with Crippen LogP contribution in [0.4, 0.5) is 0 Å². The molecule has 0 spiro atoms. The van der Waals surface area contributed by atoms with Crippen molar-refractivity contribution >= 4 is 11.9 Å². The predicted octanol–water partition coefficient (Wildman–Crippen LogP) is -1.74. The summed E-state index contributed by atoms with van der Waals surface area (Å²) in [6, 6.07) is 2.78. The number of phenols is 2. The maximum atomic E-state index is 11.8. The van der Waals surface area contributed by atoms with Crippen LogP contribution < -0.4 is 0 Å². The molecule has 0 saturated carbocycles. The van der Waals surface area contributed by atoms with Gasteiger partial charge in [-0.1, -0.05) is 12.1 Å². The zero-order valence-corrected chi connectivity index (χ0v) is 21.7. The fourth-order valence-electron chi connectivity index (χ4n) is 4.74. The van der Waals surface area contributed by atoms with E-state index in [1.54, 1.807) is 0 Å². The average molecular weight is 569 g/mol. The Kier molecular flexibility index (Phi) is 12.7. The molecule has 2 aromatic carbocycles. The van der Waals surface area contributed by atoms with Gasteiger partial charge in [-0.05, 0) is 34.4 Å². The Morgan fingerprint density at radius 2 is 1.15 bits per heavy atom. The Labute approximate surface area is 229 Å². The third kappa shape index (κ3) is 8.09. The molecule has 0 fully saturated rings. The van der Waals surface area contributed by atoms with Crippen molar-refractivity contribution in [1.82, 2.24) is 9.80 Å². The van der Waals surface area contributed by atoms with Gasteiger partial charge in [0.2, 0.25) is 0 Å². The minimum Gasteiger partial charge on any atom is -0.508 e. The number of benzene rings is 2. The first-order chi connectivity index (χ1) is 19.0. The van der Waals surface area contributed by atoms with E-state index in [1.807, 2.05) is 0 Å². The van der Waals surface area contributed by atoms with Crippen molar-refractivity contribution in [3.63, 3.8) is 0 Å². The Hall–Kier alpha value is -3.34. The molecule has 2 atom stereocenters. The lowest BCUT2D eigenvalue weighted by atomic mass is 9.97. The summed E-state index contributed by atoms with van der Waals surface area (Å²) in [6.07, 6.45) is 0. The van der Waals surface area contributed by atoms with Gasteiger partial charge in [-0.3, -0.25) is 19.4 Å². The van der Waals surface area contributed by atoms with Crippen molar-refractivity contribution in [3.8, 4) is 11.5 Å². The van der Waals surface area contributed by atoms with Gasteiger partial charge < -0.3 is 51.1 Å². The molecule has 222 valence electrons. The molecule has 0 aliphatic rings. The molecule has 0 amide bonds. The van der Waals surface area contributed by atoms with E-state index in [1.165, 1.54) is 34.1 Å². The second-order valence-electron chi connectivity index (χ2n) is 9.18. The van der Waals surface area contributed by atoms with Crippen LogP contribution in [0.1, 0.15) is 33.4 Å². The Balaban J connectivity index is 2.59. The van der Waals surface area contributed by atoms with Gasteiger partial charge in [0, 0.05) is 24.2 Å². The number of nitrogens with zero attached hydrogens (tertiary/aromatic N) is 2. The molecule has 0 saturated heterocycles. The highest BCUT2D eigenvalue weighted by Gasteiger charge is 2.35. The van der Waals surface area contributed by atoms with Crippen molar-refractivity contribution in [2.24, 2.45) is 0 Å². The fraction of sp³-hybridized carbons (Fsp3) is 0.462. The van der Waals surface area contributed by atoms with Crippen LogP contribution in [0.2, 0.25) is 0 Å². The number of aliphatic hydroxyl groups excluding tert-OH is 6. The standard InChI is InChI=1S/C26H36N2O12/c29-9-15-3-17(11-31)18(24(36)4-15)5-27(7-25(37)38)21(13-33)22(14-34)28(8-26(39)40)6-19-20(12-32)16(10-30)1-2-23(19)35/h1-4,21-22,29-36H,5-14H2,(H,37,38)(H,39,40). The van der Waals surface area contributed by atoms with Crippen molar-refractivity contribution in [2.75, 3.05) is 26.3 Å². The monoisotopic (exact) mass is 568 g/mol. The van der Waals surface area contributed by atoms with Gasteiger partial charge in [0.25, 0.3) is 0 Å². The Bertz CT molecular complexity index is 1160. The van der Waals surface area contributed by atoms with Crippen molar-refractivity contribution in [3.05, 3.63) is 57.6 Å². The van der Waals surface area contributed by atoms with Crippen LogP contribution in [0.25, 0.3) is 0 Å². The third-order valence-corrected chi connectivity index (χ3v) is 6.72. The second kappa shape index (κ2) is 15.4. The molecule has 2 unspecified atom stereocenters. The molecular weight excluding hydrogens is 532 g/mol. The van der Waals surface area contributed by atoms with E-state index in [-0.39, 0.29) is 52.4 Å². The van der Waals surface area contributed by atoms with Gasteiger partial charge in [-0.25, -0.2) is 0 Å². The maximum Gasteiger partial charge on any atom is 0.317 e. The highest BCUT2D eigenvalue weighted by Crippen LogP contribution is 2.30. The van der Waals surface area contributed by atoms with Gasteiger partial charge in [0.1, 0.15) is 11.5 Å². The number of carboxylic acids is 2. The van der Waals surface area contributed by atoms with Crippen LogP contribution in [0, 0.1) is 0 Å². The number of aromatic hydroxyl groups is 2. The minimum atomic E-state index is -1.34. The summed E-state index contributed by atoms with van der Waals surface area (Å²) in [5.74, 6) is -3.36. The van der Waals surface area contributed by atoms with Crippen LogP contribution in [-0.2, 0) is 49.1 Å². The number of rotatable bonds is 17. The largest absolute Gasteiger partial charge is 0.508 e. The summed E-state index contributed by atoms with van der Waals surface area (Å²) in [6.45, 7) is -5.81. The highest BCUT2D eigenvalue weighted by molar-refractivity contribution is 5.69. The zero-order valence-electron chi connectivity index (χ0n) is 21.7. The second-order valence-corrected chi connectivity index (χ2v) is 9.18. The van der Waals surface area contributed by atoms with Crippen LogP contribution in [0.3, 0.4) is 0 Å². The van der Waals surface area contributed by atoms with Gasteiger partial charge in [-0.15, -0.1) is 0 Å². The predicted molar refractivity (Wildman–Crippen MR) is 138 cm³/mol. The molecule has 40 heavy (non-hydrogen) atoms. The van der Waals surface area contributed by atoms with E-state index >= 15 is 0 Å². The van der Waals surface area contributed by atoms with Crippen LogP contribution >= 0.6 is 0 Å². The van der Waals surface area contributed by atoms with E-state index in [4.69, 9.17) is 0 Å². The zero-order chi connectivity index (χ0) is 30.0. The topological polar surface area (TPSA) is 243 Å². The smallest absolute Gasteiger partial charge is 0.317 e. The van der Waals surface area contributed by atoms with Crippen LogP contribution in [0.5, 0.6) is 11.5 Å². The van der Waals surface area contributed by atoms with Crippen LogP contribution in [0.15, 0.2) is 24.3 Å². The summed E-state index contributed by atoms with van der Waals surface area (Å²) in [7, 11) is 0. The van der Waals surface area contributed by atoms with E-state index < -0.39 is 76.8 Å². The van der Waals surface area contributed by atoms with Crippen molar-refractivity contribution in [1.29, 1.82) is 0 Å². The molecule has 14 heteroatoms. The van der Waals surface area contributed by atoms with Gasteiger partial charge in [-0.2, -0.15) is 0 Å². The van der Waals surface area contributed by atoms with E-state index in [0.29, 0.717) is 5.56 Å². The lowest BCUT2D eigenvalue weighted by molar-refractivity contribution is -0.143. The van der Waals surface area contributed by atoms with Gasteiger partial charge in [0.15, 0.2) is 0 Å². The molecule has 0 heterocycles. The number of carbonyl (C=O) groups is 2. The number of phenolic OH excluding ortho intramolecular Hbond substituents is 2. The van der Waals surface area contributed by atoms with Gasteiger partial charge >= 0.3 is 11.9 Å². The summed E-state index contributed by atoms with van der Waals surface area (Å²) >= 11 is 0. The first-order valence-corrected chi connectivity index (χ1v) is 12.3. The molecule has 10 N–H and O–H groups in total. The summed E-state index contributed by atoms with van der Waals surface area (Å²) in [5.41, 5.74) is 1.04. The summed E-state index contributed by atoms with van der Waals surface area (Å²) in [5, 5.41) is 99.7. The average Bonchev–Trinajstić information content (AvgIpc) is 2.91. The van der Waals surface area contributed by atoms with E-state index in [0.717, 1.165) is 0 Å². The first-order valence-electron chi connectivity index (χ1n) is 12.3. The number of aliphatic carboxylic acids is 2. The number of hydrogen-bond acceptors (Lipinski definition) is 12. The third-order valence-electron chi connectivity index (χ3n) is 6.72. The molecule has 0 radical (unpaired) electrons. The number of carboxylic acid groups (broad SMARTS) is 2. The minimum absolute atomic E-state index is 0.0648. The fourth-order valence-corrected chi connectivity index (χ4v) is 4.74. The molecule has 2 aromatic rings. The van der Waals surface area contributed by atoms with E-state index in [2.05, 4.69) is 0 Å². The van der Waals surface area contributed by atoms with Crippen molar-refractivity contribution < 1.29 is 60.7 Å². The highest BCUT2D eigenvalue weighted by atomic mass is 16.4. The molecule has 2 rings (SSSR count). The SMILES string of the molecule is O=C(O)CN(Cc1c(O)cc(CO)cc1CO)C(CO)C(CO)N(CC(=O)O)Cc1c(O)ccc(CO)c1CO. The quantitative estimate of drug-likeness (QED) is 0.102. The summed E-state index contributed by atoms with van der Waals surface area (Å²) in [4.78, 5) is 25.9. The van der Waals surface area contributed by atoms with E-state index in [9.17, 15) is 60.7 Å². The molecule has 0 aromatic heterocycles. The molecule has 14 nitrogen and oxygen atoms in total. The molecule has 0 bridgehead atoms.